The molecule has 4 aromatic rings. The zero-order valence-electron chi connectivity index (χ0n) is 19.0. The lowest BCUT2D eigenvalue weighted by atomic mass is 10.1. The summed E-state index contributed by atoms with van der Waals surface area (Å²) in [6, 6.07) is 13.4. The van der Waals surface area contributed by atoms with Gasteiger partial charge in [0.1, 0.15) is 0 Å². The van der Waals surface area contributed by atoms with Crippen LogP contribution >= 0.6 is 11.6 Å². The Morgan fingerprint density at radius 1 is 1.16 bits per heavy atom. The first-order chi connectivity index (χ1) is 15.5. The third kappa shape index (κ3) is 4.32. The lowest BCUT2D eigenvalue weighted by Gasteiger charge is -2.13. The lowest BCUT2D eigenvalue weighted by molar-refractivity contribution is 0.607. The van der Waals surface area contributed by atoms with E-state index in [9.17, 15) is 0 Å². The Hall–Kier alpha value is -2.63. The molecule has 0 aliphatic heterocycles. The van der Waals surface area contributed by atoms with Gasteiger partial charge in [-0.25, -0.2) is 9.97 Å². The van der Waals surface area contributed by atoms with E-state index in [-0.39, 0.29) is 0 Å². The predicted octanol–water partition coefficient (Wildman–Crippen LogP) is 6.22. The van der Waals surface area contributed by atoms with E-state index in [1.807, 2.05) is 6.20 Å². The second-order valence-electron chi connectivity index (χ2n) is 9.33. The number of aromatic nitrogens is 3. The fourth-order valence-electron chi connectivity index (χ4n) is 4.04. The van der Waals surface area contributed by atoms with Crippen molar-refractivity contribution in [2.45, 2.75) is 52.6 Å². The number of fused-ring (bicyclic) bond motifs is 3. The molecule has 6 heteroatoms. The van der Waals surface area contributed by atoms with Gasteiger partial charge in [-0.15, -0.1) is 0 Å². The van der Waals surface area contributed by atoms with Gasteiger partial charge >= 0.3 is 0 Å². The first-order valence-corrected chi connectivity index (χ1v) is 11.9. The molecule has 2 aromatic heterocycles. The molecule has 0 saturated heterocycles. The number of nitrogens with one attached hydrogen (secondary N) is 2. The van der Waals surface area contributed by atoms with Crippen LogP contribution in [0.5, 0.6) is 0 Å². The molecule has 1 saturated carbocycles. The molecular formula is C26H30ClN5. The average molecular weight is 448 g/mol. The molecule has 1 aliphatic carbocycles. The van der Waals surface area contributed by atoms with Gasteiger partial charge < -0.3 is 10.6 Å². The number of nitrogens with zero attached hydrogens (tertiary/aromatic N) is 3. The predicted molar refractivity (Wildman–Crippen MR) is 133 cm³/mol. The van der Waals surface area contributed by atoms with Crippen LogP contribution in [0.2, 0.25) is 5.02 Å². The maximum absolute atomic E-state index is 6.68. The summed E-state index contributed by atoms with van der Waals surface area (Å²) in [6.07, 6.45) is 5.55. The van der Waals surface area contributed by atoms with Crippen molar-refractivity contribution in [2.75, 3.05) is 11.9 Å². The van der Waals surface area contributed by atoms with E-state index in [4.69, 9.17) is 21.6 Å². The molecule has 2 heterocycles. The summed E-state index contributed by atoms with van der Waals surface area (Å²) in [7, 11) is 0. The van der Waals surface area contributed by atoms with Gasteiger partial charge in [0.2, 0.25) is 0 Å². The Bertz CT molecular complexity index is 1270. The summed E-state index contributed by atoms with van der Waals surface area (Å²) in [4.78, 5) is 9.69. The van der Waals surface area contributed by atoms with Crippen LogP contribution in [0.25, 0.3) is 27.9 Å². The van der Waals surface area contributed by atoms with Crippen LogP contribution in [-0.2, 0) is 6.54 Å². The van der Waals surface area contributed by atoms with Gasteiger partial charge in [-0.1, -0.05) is 43.6 Å². The van der Waals surface area contributed by atoms with E-state index in [0.717, 1.165) is 63.9 Å². The Labute approximate surface area is 194 Å². The number of halogens is 1. The van der Waals surface area contributed by atoms with Crippen molar-refractivity contribution in [2.24, 2.45) is 5.92 Å². The normalized spacial score (nSPS) is 14.0. The minimum Gasteiger partial charge on any atom is -0.367 e. The zero-order valence-corrected chi connectivity index (χ0v) is 19.7. The second-order valence-corrected chi connectivity index (χ2v) is 9.73. The van der Waals surface area contributed by atoms with E-state index in [1.165, 1.54) is 18.4 Å². The summed E-state index contributed by atoms with van der Waals surface area (Å²) < 4.78 is 2.20. The van der Waals surface area contributed by atoms with Crippen LogP contribution in [0.1, 0.15) is 44.2 Å². The molecule has 2 aromatic carbocycles. The molecule has 1 fully saturated rings. The largest absolute Gasteiger partial charge is 0.367 e. The summed E-state index contributed by atoms with van der Waals surface area (Å²) in [5, 5.41) is 7.85. The number of hydrogen-bond acceptors (Lipinski definition) is 4. The molecule has 0 unspecified atom stereocenters. The smallest absolute Gasteiger partial charge is 0.181 e. The van der Waals surface area contributed by atoms with Crippen LogP contribution in [0.4, 0.5) is 5.82 Å². The average Bonchev–Trinajstić information content (AvgIpc) is 3.48. The summed E-state index contributed by atoms with van der Waals surface area (Å²) >= 11 is 6.68. The molecule has 1 aliphatic rings. The van der Waals surface area contributed by atoms with Gasteiger partial charge in [0.25, 0.3) is 0 Å². The highest BCUT2D eigenvalue weighted by Gasteiger charge is 2.21. The highest BCUT2D eigenvalue weighted by Crippen LogP contribution is 2.31. The molecule has 5 rings (SSSR count). The molecule has 0 radical (unpaired) electrons. The van der Waals surface area contributed by atoms with Crippen molar-refractivity contribution in [3.8, 4) is 11.3 Å². The standard InChI is InChI=1S/C26H30ClN5/c1-16(2)10-11-28-25-26-30-15-24(32(26)23-9-4-17(3)12-22(23)31-25)18-5-6-19(21(27)13-18)14-29-20-7-8-20/h4-6,9,12-13,15-16,20,29H,7-8,10-11,14H2,1-3H3,(H,28,31). The van der Waals surface area contributed by atoms with Crippen LogP contribution < -0.4 is 10.6 Å². The minimum absolute atomic E-state index is 0.631. The summed E-state index contributed by atoms with van der Waals surface area (Å²) in [5.74, 6) is 1.46. The third-order valence-corrected chi connectivity index (χ3v) is 6.45. The number of hydrogen-bond donors (Lipinski definition) is 2. The number of rotatable bonds is 8. The van der Waals surface area contributed by atoms with E-state index < -0.39 is 0 Å². The summed E-state index contributed by atoms with van der Waals surface area (Å²) in [6.45, 7) is 8.24. The Balaban J connectivity index is 1.58. The SMILES string of the molecule is Cc1ccc2c(c1)nc(NCCC(C)C)c1ncc(-c3ccc(CNC4CC4)c(Cl)c3)n12. The Morgan fingerprint density at radius 2 is 2.00 bits per heavy atom. The quantitative estimate of drug-likeness (QED) is 0.336. The molecule has 2 N–H and O–H groups in total. The van der Waals surface area contributed by atoms with Gasteiger partial charge in [-0.05, 0) is 61.4 Å². The van der Waals surface area contributed by atoms with Crippen LogP contribution in [-0.4, -0.2) is 27.0 Å². The molecule has 0 bridgehead atoms. The van der Waals surface area contributed by atoms with Crippen molar-refractivity contribution in [1.29, 1.82) is 0 Å². The molecule has 0 atom stereocenters. The number of aryl methyl sites for hydroxylation is 1. The minimum atomic E-state index is 0.631. The number of anilines is 1. The highest BCUT2D eigenvalue weighted by atomic mass is 35.5. The Kier molecular flexibility index (Phi) is 5.78. The highest BCUT2D eigenvalue weighted by molar-refractivity contribution is 6.31. The van der Waals surface area contributed by atoms with Crippen LogP contribution in [0.3, 0.4) is 0 Å². The van der Waals surface area contributed by atoms with Gasteiger partial charge in [0.15, 0.2) is 11.5 Å². The zero-order chi connectivity index (χ0) is 22.2. The number of benzene rings is 2. The fraction of sp³-hybridized carbons (Fsp3) is 0.385. The second kappa shape index (κ2) is 8.72. The maximum atomic E-state index is 6.68. The lowest BCUT2D eigenvalue weighted by Crippen LogP contribution is -2.15. The van der Waals surface area contributed by atoms with Crippen molar-refractivity contribution in [3.05, 3.63) is 58.7 Å². The number of imidazole rings is 1. The Morgan fingerprint density at radius 3 is 2.75 bits per heavy atom. The molecular weight excluding hydrogens is 418 g/mol. The first-order valence-electron chi connectivity index (χ1n) is 11.5. The van der Waals surface area contributed by atoms with E-state index in [2.05, 4.69) is 72.2 Å². The monoisotopic (exact) mass is 447 g/mol. The molecule has 166 valence electrons. The molecule has 0 spiro atoms. The first kappa shape index (κ1) is 21.2. The van der Waals surface area contributed by atoms with E-state index in [0.29, 0.717) is 12.0 Å². The van der Waals surface area contributed by atoms with Gasteiger partial charge in [0, 0.05) is 29.7 Å². The topological polar surface area (TPSA) is 54.2 Å². The summed E-state index contributed by atoms with van der Waals surface area (Å²) in [5.41, 5.74) is 7.24. The van der Waals surface area contributed by atoms with Gasteiger partial charge in [0.05, 0.1) is 22.9 Å². The van der Waals surface area contributed by atoms with Gasteiger partial charge in [-0.2, -0.15) is 0 Å². The molecule has 32 heavy (non-hydrogen) atoms. The molecule has 5 nitrogen and oxygen atoms in total. The van der Waals surface area contributed by atoms with Crippen molar-refractivity contribution in [3.63, 3.8) is 0 Å². The van der Waals surface area contributed by atoms with Gasteiger partial charge in [-0.3, -0.25) is 4.40 Å². The molecule has 0 amide bonds. The fourth-order valence-corrected chi connectivity index (χ4v) is 4.29. The van der Waals surface area contributed by atoms with Crippen molar-refractivity contribution >= 4 is 34.1 Å². The van der Waals surface area contributed by atoms with E-state index >= 15 is 0 Å². The van der Waals surface area contributed by atoms with Crippen molar-refractivity contribution < 1.29 is 0 Å². The third-order valence-electron chi connectivity index (χ3n) is 6.10. The van der Waals surface area contributed by atoms with Crippen LogP contribution in [0, 0.1) is 12.8 Å². The maximum Gasteiger partial charge on any atom is 0.181 e. The van der Waals surface area contributed by atoms with Crippen LogP contribution in [0.15, 0.2) is 42.6 Å². The van der Waals surface area contributed by atoms with Crippen molar-refractivity contribution in [1.82, 2.24) is 19.7 Å². The van der Waals surface area contributed by atoms with E-state index in [1.54, 1.807) is 0 Å².